The van der Waals surface area contributed by atoms with E-state index in [1.54, 1.807) is 18.7 Å². The Morgan fingerprint density at radius 3 is 2.58 bits per heavy atom. The predicted octanol–water partition coefficient (Wildman–Crippen LogP) is 3.92. The van der Waals surface area contributed by atoms with Crippen LogP contribution in [0.15, 0.2) is 57.6 Å². The molecule has 13 nitrogen and oxygen atoms in total. The number of fused-ring (bicyclic) bond motifs is 4. The second-order valence-electron chi connectivity index (χ2n) is 14.3. The number of carbonyl (C=O) groups is 3. The number of nitrogens with zero attached hydrogens (tertiary/aromatic N) is 3. The van der Waals surface area contributed by atoms with Gasteiger partial charge in [0.05, 0.1) is 0 Å². The van der Waals surface area contributed by atoms with E-state index in [9.17, 15) is 19.5 Å². The van der Waals surface area contributed by atoms with Crippen LogP contribution in [0.5, 0.6) is 5.75 Å². The number of benzene rings is 2. The number of carbonyl (C=O) groups excluding carboxylic acids is 3. The van der Waals surface area contributed by atoms with Gasteiger partial charge in [0, 0.05) is 30.8 Å². The van der Waals surface area contributed by atoms with E-state index in [2.05, 4.69) is 20.9 Å². The SMILES string of the molecule is CC(C)[C@H](O)C(=O)NC1Cc2ccc3c(c2)C2(c4ccccc4NC2O3)c2oc(nc2-c2nc(C(=O)N3CCCC3)co2)[C@H](C(C)C)NC1=O. The Hall–Kier alpha value is -5.17. The van der Waals surface area contributed by atoms with Gasteiger partial charge >= 0.3 is 0 Å². The molecule has 1 fully saturated rings. The summed E-state index contributed by atoms with van der Waals surface area (Å²) in [5.41, 5.74) is 2.66. The number of amides is 3. The zero-order valence-corrected chi connectivity index (χ0v) is 28.4. The highest BCUT2D eigenvalue weighted by Crippen LogP contribution is 2.59. The zero-order valence-electron chi connectivity index (χ0n) is 28.4. The maximum atomic E-state index is 14.0. The van der Waals surface area contributed by atoms with Gasteiger partial charge in [0.25, 0.3) is 5.91 Å². The quantitative estimate of drug-likeness (QED) is 0.234. The molecule has 6 heterocycles. The smallest absolute Gasteiger partial charge is 0.275 e. The molecule has 2 aromatic heterocycles. The molecule has 4 bridgehead atoms. The number of nitrogens with one attached hydrogen (secondary N) is 3. The fourth-order valence-electron chi connectivity index (χ4n) is 7.57. The number of oxazole rings is 2. The Labute approximate surface area is 288 Å². The molecule has 3 unspecified atom stereocenters. The minimum atomic E-state index is -1.29. The minimum absolute atomic E-state index is 0.108. The van der Waals surface area contributed by atoms with Gasteiger partial charge in [-0.1, -0.05) is 58.0 Å². The highest BCUT2D eigenvalue weighted by molar-refractivity contribution is 5.93. The molecule has 0 saturated carbocycles. The van der Waals surface area contributed by atoms with Gasteiger partial charge in [0.2, 0.25) is 23.6 Å². The molecule has 260 valence electrons. The van der Waals surface area contributed by atoms with Crippen molar-refractivity contribution in [1.82, 2.24) is 25.5 Å². The molecule has 4 aliphatic rings. The van der Waals surface area contributed by atoms with Crippen molar-refractivity contribution >= 4 is 23.4 Å². The first-order valence-corrected chi connectivity index (χ1v) is 17.3. The molecule has 4 N–H and O–H groups in total. The van der Waals surface area contributed by atoms with Gasteiger partial charge < -0.3 is 39.5 Å². The lowest BCUT2D eigenvalue weighted by Crippen LogP contribution is -2.52. The fourth-order valence-corrected chi connectivity index (χ4v) is 7.57. The predicted molar refractivity (Wildman–Crippen MR) is 180 cm³/mol. The maximum Gasteiger partial charge on any atom is 0.275 e. The van der Waals surface area contributed by atoms with E-state index in [4.69, 9.17) is 18.6 Å². The molecule has 5 atom stereocenters. The topological polar surface area (TPSA) is 172 Å². The van der Waals surface area contributed by atoms with Crippen molar-refractivity contribution in [1.29, 1.82) is 0 Å². The van der Waals surface area contributed by atoms with Gasteiger partial charge in [-0.15, -0.1) is 0 Å². The number of likely N-dealkylation sites (tertiary alicyclic amines) is 1. The molecule has 3 amide bonds. The maximum absolute atomic E-state index is 14.0. The number of aliphatic hydroxyl groups is 1. The lowest BCUT2D eigenvalue weighted by molar-refractivity contribution is -0.135. The first kappa shape index (κ1) is 32.1. The van der Waals surface area contributed by atoms with Gasteiger partial charge in [-0.2, -0.15) is 0 Å². The van der Waals surface area contributed by atoms with Gasteiger partial charge in [0.1, 0.15) is 35.6 Å². The Kier molecular flexibility index (Phi) is 7.70. The molecular formula is C37H40N6O7. The summed E-state index contributed by atoms with van der Waals surface area (Å²) in [6, 6.07) is 11.8. The number of aromatic nitrogens is 2. The summed E-state index contributed by atoms with van der Waals surface area (Å²) < 4.78 is 19.5. The summed E-state index contributed by atoms with van der Waals surface area (Å²) in [6.07, 6.45) is 1.46. The van der Waals surface area contributed by atoms with Crippen LogP contribution in [0, 0.1) is 11.8 Å². The molecular weight excluding hydrogens is 640 g/mol. The van der Waals surface area contributed by atoms with E-state index in [1.165, 1.54) is 6.26 Å². The summed E-state index contributed by atoms with van der Waals surface area (Å²) in [5, 5.41) is 19.9. The molecule has 1 spiro atoms. The van der Waals surface area contributed by atoms with E-state index >= 15 is 0 Å². The Bertz CT molecular complexity index is 1990. The summed E-state index contributed by atoms with van der Waals surface area (Å²) in [6.45, 7) is 8.67. The van der Waals surface area contributed by atoms with Crippen molar-refractivity contribution < 1.29 is 33.1 Å². The average molecular weight is 681 g/mol. The third-order valence-corrected chi connectivity index (χ3v) is 10.3. The van der Waals surface area contributed by atoms with Crippen LogP contribution in [0.4, 0.5) is 5.69 Å². The summed E-state index contributed by atoms with van der Waals surface area (Å²) in [5.74, 6) is -0.518. The second-order valence-corrected chi connectivity index (χ2v) is 14.3. The molecule has 2 aromatic carbocycles. The van der Waals surface area contributed by atoms with Gasteiger partial charge in [-0.05, 0) is 47.9 Å². The van der Waals surface area contributed by atoms with Crippen molar-refractivity contribution in [2.45, 2.75) is 76.8 Å². The van der Waals surface area contributed by atoms with Gasteiger partial charge in [0.15, 0.2) is 23.4 Å². The number of para-hydroxylation sites is 1. The van der Waals surface area contributed by atoms with E-state index in [-0.39, 0.29) is 47.3 Å². The largest absolute Gasteiger partial charge is 0.469 e. The lowest BCUT2D eigenvalue weighted by atomic mass is 9.72. The molecule has 0 aliphatic carbocycles. The van der Waals surface area contributed by atoms with Crippen LogP contribution in [0.3, 0.4) is 0 Å². The zero-order chi connectivity index (χ0) is 34.9. The van der Waals surface area contributed by atoms with Crippen LogP contribution in [-0.4, -0.2) is 69.2 Å². The number of hydrogen-bond acceptors (Lipinski definition) is 10. The lowest BCUT2D eigenvalue weighted by Gasteiger charge is -2.29. The molecule has 0 radical (unpaired) electrons. The van der Waals surface area contributed by atoms with Crippen molar-refractivity contribution in [2.24, 2.45) is 11.8 Å². The number of rotatable bonds is 6. The van der Waals surface area contributed by atoms with Crippen LogP contribution in [0.1, 0.15) is 85.4 Å². The summed E-state index contributed by atoms with van der Waals surface area (Å²) in [4.78, 5) is 51.9. The first-order valence-electron chi connectivity index (χ1n) is 17.3. The fraction of sp³-hybridized carbons (Fsp3) is 0.432. The third-order valence-electron chi connectivity index (χ3n) is 10.3. The Balaban J connectivity index is 1.33. The second kappa shape index (κ2) is 12.0. The summed E-state index contributed by atoms with van der Waals surface area (Å²) >= 11 is 0. The van der Waals surface area contributed by atoms with Gasteiger partial charge in [-0.3, -0.25) is 14.4 Å². The van der Waals surface area contributed by atoms with Crippen LogP contribution < -0.4 is 20.7 Å². The normalized spacial score (nSPS) is 24.1. The van der Waals surface area contributed by atoms with Crippen LogP contribution >= 0.6 is 0 Å². The van der Waals surface area contributed by atoms with Crippen molar-refractivity contribution in [3.05, 3.63) is 82.8 Å². The Morgan fingerprint density at radius 1 is 1.04 bits per heavy atom. The molecule has 13 heteroatoms. The number of hydrogen-bond donors (Lipinski definition) is 4. The monoisotopic (exact) mass is 680 g/mol. The van der Waals surface area contributed by atoms with Crippen molar-refractivity contribution in [3.8, 4) is 17.3 Å². The molecule has 4 aliphatic heterocycles. The minimum Gasteiger partial charge on any atom is -0.469 e. The first-order chi connectivity index (χ1) is 24.1. The summed E-state index contributed by atoms with van der Waals surface area (Å²) in [7, 11) is 0. The molecule has 1 saturated heterocycles. The van der Waals surface area contributed by atoms with E-state index in [0.29, 0.717) is 24.6 Å². The average Bonchev–Trinajstić information content (AvgIpc) is 3.93. The van der Waals surface area contributed by atoms with Gasteiger partial charge in [-0.25, -0.2) is 9.97 Å². The standard InChI is InChI=1S/C37H40N6O7/c1-18(2)27-34-42-28(33-39-25(17-48-33)35(47)43-13-7-8-14-43)30(50-34)37-21-9-5-6-10-23(21)40-36(37)49-26-12-11-20(15-22(26)37)16-24(31(45)41-27)38-32(46)29(44)19(3)4/h5-6,9-12,15,17-19,24,27,29,36,40,44H,7-8,13-14,16H2,1-4H3,(H,38,46)(H,41,45)/t24?,27-,29-,36?,37?/m0/s1. The van der Waals surface area contributed by atoms with E-state index < -0.39 is 41.6 Å². The van der Waals surface area contributed by atoms with Crippen LogP contribution in [0.25, 0.3) is 11.6 Å². The number of anilines is 1. The number of ether oxygens (including phenoxy) is 1. The highest BCUT2D eigenvalue weighted by atomic mass is 16.5. The number of aliphatic hydroxyl groups excluding tert-OH is 1. The van der Waals surface area contributed by atoms with Crippen LogP contribution in [0.2, 0.25) is 0 Å². The van der Waals surface area contributed by atoms with Crippen molar-refractivity contribution in [3.63, 3.8) is 0 Å². The highest BCUT2D eigenvalue weighted by Gasteiger charge is 2.61. The molecule has 8 rings (SSSR count). The van der Waals surface area contributed by atoms with Crippen LogP contribution in [-0.2, 0) is 21.4 Å². The van der Waals surface area contributed by atoms with E-state index in [0.717, 1.165) is 35.2 Å². The third kappa shape index (κ3) is 4.97. The van der Waals surface area contributed by atoms with Crippen molar-refractivity contribution in [2.75, 3.05) is 18.4 Å². The molecule has 4 aromatic rings. The van der Waals surface area contributed by atoms with E-state index in [1.807, 2.05) is 56.3 Å². The molecule has 50 heavy (non-hydrogen) atoms. The Morgan fingerprint density at radius 2 is 1.82 bits per heavy atom.